The van der Waals surface area contributed by atoms with Crippen LogP contribution in [0.25, 0.3) is 0 Å². The van der Waals surface area contributed by atoms with Crippen molar-refractivity contribution >= 4 is 11.9 Å². The van der Waals surface area contributed by atoms with Crippen molar-refractivity contribution in [3.63, 3.8) is 0 Å². The Balaban J connectivity index is 1.84. The molecule has 0 aliphatic carbocycles. The largest absolute Gasteiger partial charge is 0.457 e. The third-order valence-corrected chi connectivity index (χ3v) is 2.85. The van der Waals surface area contributed by atoms with Gasteiger partial charge in [-0.05, 0) is 42.8 Å². The Kier molecular flexibility index (Phi) is 2.41. The Hall–Kier alpha value is -2.09. The maximum atomic E-state index is 5.80. The molecule has 0 fully saturated rings. The van der Waals surface area contributed by atoms with Crippen LogP contribution in [0.4, 0.5) is 5.69 Å². The molecule has 0 saturated heterocycles. The van der Waals surface area contributed by atoms with Gasteiger partial charge in [-0.2, -0.15) is 0 Å². The molecule has 84 valence electrons. The van der Waals surface area contributed by atoms with E-state index in [4.69, 9.17) is 4.74 Å². The molecule has 2 aromatic carbocycles. The molecule has 3 rings (SSSR count). The Morgan fingerprint density at radius 2 is 1.76 bits per heavy atom. The molecule has 1 aliphatic heterocycles. The van der Waals surface area contributed by atoms with Gasteiger partial charge in [0.25, 0.3) is 0 Å². The Labute approximate surface area is 101 Å². The van der Waals surface area contributed by atoms with Gasteiger partial charge < -0.3 is 4.74 Å². The van der Waals surface area contributed by atoms with Crippen LogP contribution in [0.2, 0.25) is 0 Å². The lowest BCUT2D eigenvalue weighted by molar-refractivity contribution is 0.482. The second-order valence-electron chi connectivity index (χ2n) is 4.22. The minimum absolute atomic E-state index is 0.870. The monoisotopic (exact) mass is 223 g/mol. The van der Waals surface area contributed by atoms with E-state index < -0.39 is 0 Å². The Morgan fingerprint density at radius 1 is 1.00 bits per heavy atom. The molecule has 0 N–H and O–H groups in total. The first-order chi connectivity index (χ1) is 8.31. The summed E-state index contributed by atoms with van der Waals surface area (Å²) in [6.45, 7) is 2.07. The van der Waals surface area contributed by atoms with Crippen LogP contribution in [0.15, 0.2) is 47.5 Å². The van der Waals surface area contributed by atoms with Crippen molar-refractivity contribution < 1.29 is 4.74 Å². The SMILES string of the molecule is Cc1ccc(Oc2ccc3c(c2)CC=N3)cc1. The third kappa shape index (κ3) is 2.07. The maximum absolute atomic E-state index is 5.80. The molecule has 1 aliphatic rings. The first-order valence-electron chi connectivity index (χ1n) is 5.71. The van der Waals surface area contributed by atoms with Gasteiger partial charge in [0, 0.05) is 12.6 Å². The molecule has 17 heavy (non-hydrogen) atoms. The Bertz CT molecular complexity index is 570. The number of nitrogens with zero attached hydrogens (tertiary/aromatic N) is 1. The quantitative estimate of drug-likeness (QED) is 0.752. The number of rotatable bonds is 2. The molecule has 0 unspecified atom stereocenters. The van der Waals surface area contributed by atoms with Crippen LogP contribution in [0.5, 0.6) is 11.5 Å². The molecule has 0 spiro atoms. The summed E-state index contributed by atoms with van der Waals surface area (Å²) in [6, 6.07) is 14.1. The summed E-state index contributed by atoms with van der Waals surface area (Å²) >= 11 is 0. The van der Waals surface area contributed by atoms with Crippen molar-refractivity contribution in [2.45, 2.75) is 13.3 Å². The molecule has 0 aromatic heterocycles. The standard InChI is InChI=1S/C15H13NO/c1-11-2-4-13(5-3-11)17-14-6-7-15-12(10-14)8-9-16-15/h2-7,9-10H,8H2,1H3. The zero-order valence-corrected chi connectivity index (χ0v) is 9.68. The average molecular weight is 223 g/mol. The summed E-state index contributed by atoms with van der Waals surface area (Å²) in [6.07, 6.45) is 2.83. The smallest absolute Gasteiger partial charge is 0.127 e. The highest BCUT2D eigenvalue weighted by atomic mass is 16.5. The van der Waals surface area contributed by atoms with E-state index in [1.807, 2.05) is 42.6 Å². The normalized spacial score (nSPS) is 12.5. The highest BCUT2D eigenvalue weighted by Crippen LogP contribution is 2.30. The average Bonchev–Trinajstić information content (AvgIpc) is 2.79. The molecule has 0 bridgehead atoms. The molecular formula is C15H13NO. The van der Waals surface area contributed by atoms with Crippen LogP contribution in [0.1, 0.15) is 11.1 Å². The van der Waals surface area contributed by atoms with E-state index in [1.165, 1.54) is 11.1 Å². The molecule has 0 amide bonds. The lowest BCUT2D eigenvalue weighted by atomic mass is 10.1. The van der Waals surface area contributed by atoms with Gasteiger partial charge >= 0.3 is 0 Å². The summed E-state index contributed by atoms with van der Waals surface area (Å²) in [5.74, 6) is 1.74. The highest BCUT2D eigenvalue weighted by molar-refractivity contribution is 5.76. The summed E-state index contributed by atoms with van der Waals surface area (Å²) in [4.78, 5) is 4.28. The van der Waals surface area contributed by atoms with Crippen molar-refractivity contribution in [2.75, 3.05) is 0 Å². The predicted octanol–water partition coefficient (Wildman–Crippen LogP) is 4.05. The molecular weight excluding hydrogens is 210 g/mol. The predicted molar refractivity (Wildman–Crippen MR) is 69.6 cm³/mol. The van der Waals surface area contributed by atoms with Crippen molar-refractivity contribution in [3.05, 3.63) is 53.6 Å². The lowest BCUT2D eigenvalue weighted by Crippen LogP contribution is -1.86. The van der Waals surface area contributed by atoms with Crippen LogP contribution in [-0.2, 0) is 6.42 Å². The third-order valence-electron chi connectivity index (χ3n) is 2.85. The lowest BCUT2D eigenvalue weighted by Gasteiger charge is -2.07. The zero-order valence-electron chi connectivity index (χ0n) is 9.68. The molecule has 1 heterocycles. The molecule has 2 aromatic rings. The topological polar surface area (TPSA) is 21.6 Å². The van der Waals surface area contributed by atoms with Gasteiger partial charge in [-0.25, -0.2) is 0 Å². The van der Waals surface area contributed by atoms with Gasteiger partial charge in [0.2, 0.25) is 0 Å². The van der Waals surface area contributed by atoms with Crippen molar-refractivity contribution in [2.24, 2.45) is 4.99 Å². The van der Waals surface area contributed by atoms with E-state index in [0.29, 0.717) is 0 Å². The van der Waals surface area contributed by atoms with E-state index in [2.05, 4.69) is 18.0 Å². The molecule has 0 radical (unpaired) electrons. The second kappa shape index (κ2) is 4.06. The number of fused-ring (bicyclic) bond motifs is 1. The first-order valence-corrected chi connectivity index (χ1v) is 5.71. The van der Waals surface area contributed by atoms with Gasteiger partial charge in [-0.1, -0.05) is 17.7 Å². The molecule has 0 saturated carbocycles. The minimum Gasteiger partial charge on any atom is -0.457 e. The van der Waals surface area contributed by atoms with Crippen molar-refractivity contribution in [3.8, 4) is 11.5 Å². The summed E-state index contributed by atoms with van der Waals surface area (Å²) in [7, 11) is 0. The Morgan fingerprint density at radius 3 is 2.59 bits per heavy atom. The van der Waals surface area contributed by atoms with Crippen LogP contribution >= 0.6 is 0 Å². The van der Waals surface area contributed by atoms with Gasteiger partial charge in [0.1, 0.15) is 11.5 Å². The number of aryl methyl sites for hydroxylation is 1. The van der Waals surface area contributed by atoms with E-state index in [9.17, 15) is 0 Å². The molecule has 0 atom stereocenters. The van der Waals surface area contributed by atoms with Crippen LogP contribution < -0.4 is 4.74 Å². The van der Waals surface area contributed by atoms with Crippen LogP contribution in [0.3, 0.4) is 0 Å². The fraction of sp³-hybridized carbons (Fsp3) is 0.133. The minimum atomic E-state index is 0.870. The van der Waals surface area contributed by atoms with Crippen LogP contribution in [-0.4, -0.2) is 6.21 Å². The maximum Gasteiger partial charge on any atom is 0.127 e. The number of ether oxygens (including phenoxy) is 1. The molecule has 2 nitrogen and oxygen atoms in total. The number of hydrogen-bond acceptors (Lipinski definition) is 2. The second-order valence-corrected chi connectivity index (χ2v) is 4.22. The first kappa shape index (κ1) is 10.1. The highest BCUT2D eigenvalue weighted by Gasteiger charge is 2.07. The summed E-state index contributed by atoms with van der Waals surface area (Å²) in [5.41, 5.74) is 3.52. The van der Waals surface area contributed by atoms with Gasteiger partial charge in [-0.15, -0.1) is 0 Å². The number of hydrogen-bond donors (Lipinski definition) is 0. The van der Waals surface area contributed by atoms with Crippen molar-refractivity contribution in [1.29, 1.82) is 0 Å². The van der Waals surface area contributed by atoms with Crippen molar-refractivity contribution in [1.82, 2.24) is 0 Å². The summed E-state index contributed by atoms with van der Waals surface area (Å²) in [5, 5.41) is 0. The van der Waals surface area contributed by atoms with Gasteiger partial charge in [-0.3, -0.25) is 4.99 Å². The summed E-state index contributed by atoms with van der Waals surface area (Å²) < 4.78 is 5.80. The number of aliphatic imine (C=N–C) groups is 1. The fourth-order valence-corrected chi connectivity index (χ4v) is 1.90. The zero-order chi connectivity index (χ0) is 11.7. The van der Waals surface area contributed by atoms with Gasteiger partial charge in [0.15, 0.2) is 0 Å². The molecule has 2 heteroatoms. The van der Waals surface area contributed by atoms with Crippen LogP contribution in [0, 0.1) is 6.92 Å². The van der Waals surface area contributed by atoms with E-state index >= 15 is 0 Å². The van der Waals surface area contributed by atoms with E-state index in [1.54, 1.807) is 0 Å². The van der Waals surface area contributed by atoms with Gasteiger partial charge in [0.05, 0.1) is 5.69 Å². The fourth-order valence-electron chi connectivity index (χ4n) is 1.90. The van der Waals surface area contributed by atoms with E-state index in [-0.39, 0.29) is 0 Å². The number of benzene rings is 2. The van der Waals surface area contributed by atoms with E-state index in [0.717, 1.165) is 23.6 Å².